The molecule has 0 saturated carbocycles. The minimum absolute atomic E-state index is 0.0108. The van der Waals surface area contributed by atoms with E-state index in [0.717, 1.165) is 0 Å². The number of imidazole rings is 2. The van der Waals surface area contributed by atoms with Crippen LogP contribution >= 0.6 is 0 Å². The second-order valence-corrected chi connectivity index (χ2v) is 37.0. The van der Waals surface area contributed by atoms with Gasteiger partial charge in [0.15, 0.2) is 0 Å². The minimum atomic E-state index is -1.69. The highest BCUT2D eigenvalue weighted by Crippen LogP contribution is 2.26. The highest BCUT2D eigenvalue weighted by Gasteiger charge is 2.45. The fourth-order valence-electron chi connectivity index (χ4n) is 15.4. The van der Waals surface area contributed by atoms with Crippen LogP contribution in [0.1, 0.15) is 198 Å². The number of hydrogen-bond acceptors (Lipinski definition) is 25. The van der Waals surface area contributed by atoms with Crippen LogP contribution in [0.5, 0.6) is 5.75 Å². The summed E-state index contributed by atoms with van der Waals surface area (Å²) in [4.78, 5) is 282. The Kier molecular flexibility index (Phi) is 46.8. The molecule has 1 aromatic carbocycles. The zero-order chi connectivity index (χ0) is 102. The van der Waals surface area contributed by atoms with Crippen molar-refractivity contribution in [2.24, 2.45) is 52.9 Å². The zero-order valence-electron chi connectivity index (χ0n) is 80.2. The van der Waals surface area contributed by atoms with Crippen molar-refractivity contribution in [1.29, 1.82) is 0 Å². The van der Waals surface area contributed by atoms with Crippen LogP contribution in [-0.2, 0) is 110 Å². The average molecular weight is 1920 g/mol. The third-order valence-corrected chi connectivity index (χ3v) is 23.4. The Morgan fingerprint density at radius 3 is 1.26 bits per heavy atom. The Morgan fingerprint density at radius 1 is 0.426 bits per heavy atom. The lowest BCUT2D eigenvalue weighted by Gasteiger charge is -2.32. The number of aromatic amines is 2. The van der Waals surface area contributed by atoms with Crippen molar-refractivity contribution in [2.75, 3.05) is 39.4 Å². The van der Waals surface area contributed by atoms with E-state index in [0.29, 0.717) is 36.2 Å². The van der Waals surface area contributed by atoms with Crippen LogP contribution in [0.2, 0.25) is 0 Å². The van der Waals surface area contributed by atoms with E-state index in [1.54, 1.807) is 96.9 Å². The first-order valence-corrected chi connectivity index (χ1v) is 46.4. The van der Waals surface area contributed by atoms with Gasteiger partial charge in [-0.1, -0.05) is 122 Å². The quantitative estimate of drug-likeness (QED) is 0.0256. The number of aliphatic hydroxyl groups is 2. The highest BCUT2D eigenvalue weighted by atomic mass is 16.4. The fraction of sp³-hybridized carbons (Fsp3) is 0.656. The fourth-order valence-corrected chi connectivity index (χ4v) is 15.4. The van der Waals surface area contributed by atoms with Crippen molar-refractivity contribution < 1.29 is 112 Å². The van der Waals surface area contributed by atoms with E-state index >= 15 is 4.79 Å². The van der Waals surface area contributed by atoms with Crippen molar-refractivity contribution in [3.63, 3.8) is 0 Å². The van der Waals surface area contributed by atoms with Gasteiger partial charge in [-0.25, -0.2) is 14.8 Å². The molecule has 2 fully saturated rings. The van der Waals surface area contributed by atoms with Gasteiger partial charge in [-0.3, -0.25) is 86.3 Å². The van der Waals surface area contributed by atoms with Crippen LogP contribution in [0.4, 0.5) is 0 Å². The van der Waals surface area contributed by atoms with E-state index in [1.165, 1.54) is 66.0 Å². The molecular formula is C90H143N23O23. The van der Waals surface area contributed by atoms with Gasteiger partial charge in [0.05, 0.1) is 39.0 Å². The van der Waals surface area contributed by atoms with Crippen LogP contribution in [0, 0.1) is 41.4 Å². The van der Waals surface area contributed by atoms with Crippen LogP contribution < -0.4 is 91.2 Å². The van der Waals surface area contributed by atoms with Crippen molar-refractivity contribution >= 4 is 112 Å². The number of hydrogen-bond donors (Lipinski definition) is 23. The number of nitrogens with one attached hydrogen (secondary N) is 17. The second kappa shape index (κ2) is 55.9. The number of carboxylic acids is 1. The smallest absolute Gasteiger partial charge is 0.326 e. The van der Waals surface area contributed by atoms with Crippen molar-refractivity contribution in [1.82, 2.24) is 109 Å². The molecule has 0 unspecified atom stereocenters. The van der Waals surface area contributed by atoms with Gasteiger partial charge in [0, 0.05) is 62.6 Å². The molecule has 0 aliphatic carbocycles. The third kappa shape index (κ3) is 36.8. The molecule has 756 valence electrons. The Morgan fingerprint density at radius 2 is 0.824 bits per heavy atom. The molecule has 3 aromatic rings. The Bertz CT molecular complexity index is 4530. The summed E-state index contributed by atoms with van der Waals surface area (Å²) in [5.74, 6) is -19.4. The normalized spacial score (nSPS) is 17.2. The number of phenolic OH excluding ortho intramolecular Hbond substituents is 1. The van der Waals surface area contributed by atoms with Gasteiger partial charge in [-0.05, 0) is 124 Å². The number of aliphatic hydroxyl groups excluding tert-OH is 2. The van der Waals surface area contributed by atoms with Gasteiger partial charge in [-0.15, -0.1) is 0 Å². The number of likely N-dealkylation sites (tertiary alicyclic amines) is 2. The number of H-pyrrole nitrogens is 2. The summed E-state index contributed by atoms with van der Waals surface area (Å²) in [6.45, 7) is 22.5. The minimum Gasteiger partial charge on any atom is -0.508 e. The predicted molar refractivity (Wildman–Crippen MR) is 492 cm³/mol. The number of rotatable bonds is 57. The SMILES string of the molecule is CC[C@H](C)[C@H](NC(=O)[C@H](CO)NC(=O)[C@@H]1CCCN1C(=O)[C@H](CC(C)C)NC(=O)[C@H](Cc1ccc(O)cc1)NC(=O)[C@H](C)NC(=O)[C@H](Cc1cnc[nH]1)NC(=O)[C@H](Cc1cnc[nH]1)NC(=O)[C@H](CC(C)C)NC(=O)[C@@H](NC(=O)[C@@H]1CCCN1C(=O)[C@H](CC(C)C)NC(=O)[C@H](CCC(N)=O)NC(=O)[C@H](CC(C)C)NC(=O)[C@@H](N)CO)[C@@H](C)CC)C(=O)NCC(=O)NCC(=O)N[C@H](C(=O)O)C(C)C. The molecule has 18 atom stereocenters. The Labute approximate surface area is 791 Å². The summed E-state index contributed by atoms with van der Waals surface area (Å²) in [5.41, 5.74) is 12.3. The summed E-state index contributed by atoms with van der Waals surface area (Å²) in [5, 5.41) is 78.6. The lowest BCUT2D eigenvalue weighted by molar-refractivity contribution is -0.143. The summed E-state index contributed by atoms with van der Waals surface area (Å²) >= 11 is 0. The molecule has 0 bridgehead atoms. The molecule has 2 aliphatic heterocycles. The van der Waals surface area contributed by atoms with Gasteiger partial charge in [0.1, 0.15) is 102 Å². The van der Waals surface area contributed by atoms with E-state index in [1.807, 2.05) is 0 Å². The number of carbonyl (C=O) groups excluding carboxylic acids is 18. The summed E-state index contributed by atoms with van der Waals surface area (Å²) in [7, 11) is 0. The lowest BCUT2D eigenvalue weighted by atomic mass is 9.96. The number of nitrogens with two attached hydrogens (primary N) is 2. The second-order valence-electron chi connectivity index (χ2n) is 37.0. The number of benzene rings is 1. The first-order chi connectivity index (χ1) is 64.1. The topological polar surface area (TPSA) is 702 Å². The number of aliphatic carboxylic acids is 1. The number of nitrogens with zero attached hydrogens (tertiary/aromatic N) is 4. The first-order valence-electron chi connectivity index (χ1n) is 46.4. The van der Waals surface area contributed by atoms with E-state index in [2.05, 4.69) is 99.7 Å². The molecule has 5 rings (SSSR count). The maximum atomic E-state index is 15.0. The average Bonchev–Trinajstić information content (AvgIpc) is 1.65. The van der Waals surface area contributed by atoms with Crippen LogP contribution in [-0.4, -0.2) is 299 Å². The molecule has 25 N–H and O–H groups in total. The van der Waals surface area contributed by atoms with Crippen LogP contribution in [0.15, 0.2) is 49.3 Å². The molecule has 2 aliphatic rings. The number of carboxylic acid groups (broad SMARTS) is 1. The highest BCUT2D eigenvalue weighted by molar-refractivity contribution is 6.02. The van der Waals surface area contributed by atoms with E-state index in [4.69, 9.17) is 11.5 Å². The first kappa shape index (κ1) is 114. The predicted octanol–water partition coefficient (Wildman–Crippen LogP) is -4.00. The molecule has 46 nitrogen and oxygen atoms in total. The molecule has 2 saturated heterocycles. The van der Waals surface area contributed by atoms with Gasteiger partial charge in [-0.2, -0.15) is 0 Å². The molecule has 2 aromatic heterocycles. The number of aromatic nitrogens is 4. The number of primary amides is 1. The zero-order valence-corrected chi connectivity index (χ0v) is 80.2. The molecule has 18 amide bonds. The van der Waals surface area contributed by atoms with Gasteiger partial charge in [0.2, 0.25) is 106 Å². The Hall–Kier alpha value is -12.7. The molecule has 136 heavy (non-hydrogen) atoms. The summed E-state index contributed by atoms with van der Waals surface area (Å²) in [6.07, 6.45) is 5.30. The number of carbonyl (C=O) groups is 19. The molecule has 46 heteroatoms. The van der Waals surface area contributed by atoms with Crippen LogP contribution in [0.3, 0.4) is 0 Å². The largest absolute Gasteiger partial charge is 0.508 e. The maximum absolute atomic E-state index is 15.0. The van der Waals surface area contributed by atoms with Crippen LogP contribution in [0.25, 0.3) is 0 Å². The van der Waals surface area contributed by atoms with Crippen molar-refractivity contribution in [3.8, 4) is 5.75 Å². The van der Waals surface area contributed by atoms with E-state index in [9.17, 15) is 107 Å². The van der Waals surface area contributed by atoms with E-state index < -0.39 is 253 Å². The number of aromatic hydroxyl groups is 1. The van der Waals surface area contributed by atoms with Gasteiger partial charge in [0.25, 0.3) is 0 Å². The Balaban J connectivity index is 1.33. The molecular weight excluding hydrogens is 1770 g/mol. The molecule has 0 radical (unpaired) electrons. The van der Waals surface area contributed by atoms with E-state index in [-0.39, 0.29) is 120 Å². The monoisotopic (exact) mass is 1910 g/mol. The van der Waals surface area contributed by atoms with Gasteiger partial charge < -0.3 is 131 Å². The standard InChI is InChI=1S/C90H143N23O23/c1-16-50(13)73(86(131)96-39-70(118)95-40-71(119)109-72(49(11)12)90(135)136)110-83(128)66(42-115)108-84(129)67-20-18-28-112(67)89(134)65(33-48(9)10)107-81(126)61(34-53-22-24-56(116)25-23-53)101-75(120)52(15)99-78(123)62(35-54-37-93-43-97-54)103-82(127)63(36-55-38-94-44-98-55)104-80(125)60(31-46(5)6)105-87(132)74(51(14)17-2)111-85(130)68-21-19-29-113(68)88(133)64(32-47(7)8)106-77(122)58(26-27-69(92)117)100-79(124)59(30-45(3)4)102-76(121)57(91)41-114/h22-25,37-38,43-52,57-68,72-74,114-116H,16-21,26-36,39-42,91H2,1-15H3,(H2,92,117)(H,93,97)(H,94,98)(H,95,118)(H,96,131)(H,99,123)(H,100,124)(H,101,120)(H,102,121)(H,103,127)(H,104,125)(H,105,132)(H,106,122)(H,107,126)(H,108,129)(H,109,119)(H,110,128)(H,111,130)(H,135,136)/t50-,51-,52-,57-,58-,59-,60-,61-,62-,63-,64-,65-,66-,67-,68-,72-,73-,74-/m0/s1. The maximum Gasteiger partial charge on any atom is 0.326 e. The van der Waals surface area contributed by atoms with Crippen molar-refractivity contribution in [3.05, 3.63) is 66.3 Å². The summed E-state index contributed by atoms with van der Waals surface area (Å²) in [6, 6.07) is -16.7. The van der Waals surface area contributed by atoms with Crippen molar-refractivity contribution in [2.45, 2.75) is 297 Å². The molecule has 0 spiro atoms. The number of phenols is 1. The number of amides is 18. The van der Waals surface area contributed by atoms with Gasteiger partial charge >= 0.3 is 5.97 Å². The molecule has 4 heterocycles. The third-order valence-electron chi connectivity index (χ3n) is 23.4. The lowest BCUT2D eigenvalue weighted by Crippen LogP contribution is -2.62. The summed E-state index contributed by atoms with van der Waals surface area (Å²) < 4.78 is 0.